The molecule has 1 atom stereocenters. The van der Waals surface area contributed by atoms with E-state index in [0.717, 1.165) is 0 Å². The Kier molecular flexibility index (Phi) is 6.32. The predicted molar refractivity (Wildman–Crippen MR) is 49.1 cm³/mol. The molecule has 5 heteroatoms. The summed E-state index contributed by atoms with van der Waals surface area (Å²) in [6.45, 7) is 1.38. The highest BCUT2D eigenvalue weighted by Crippen LogP contribution is 2.03. The first-order valence-corrected chi connectivity index (χ1v) is 4.73. The average Bonchev–Trinajstić information content (AvgIpc) is 2.12. The molecule has 0 bridgehead atoms. The van der Waals surface area contributed by atoms with E-state index in [0.29, 0.717) is 6.42 Å². The summed E-state index contributed by atoms with van der Waals surface area (Å²) in [6, 6.07) is -0.552. The average molecular weight is 240 g/mol. The van der Waals surface area contributed by atoms with Gasteiger partial charge in [0.2, 0.25) is 5.91 Å². The van der Waals surface area contributed by atoms with Crippen molar-refractivity contribution in [1.82, 2.24) is 5.32 Å². The van der Waals surface area contributed by atoms with Gasteiger partial charge in [-0.3, -0.25) is 4.79 Å². The van der Waals surface area contributed by atoms with Gasteiger partial charge in [-0.1, -0.05) is 22.9 Å². The van der Waals surface area contributed by atoms with Crippen molar-refractivity contribution < 1.29 is 15.0 Å². The molecule has 72 valence electrons. The van der Waals surface area contributed by atoms with E-state index in [9.17, 15) is 4.79 Å². The van der Waals surface area contributed by atoms with Gasteiger partial charge in [0.25, 0.3) is 0 Å². The summed E-state index contributed by atoms with van der Waals surface area (Å²) in [5.41, 5.74) is 0. The highest BCUT2D eigenvalue weighted by Gasteiger charge is 2.15. The van der Waals surface area contributed by atoms with Crippen LogP contribution in [-0.2, 0) is 4.79 Å². The van der Waals surface area contributed by atoms with Crippen LogP contribution in [0.25, 0.3) is 0 Å². The van der Waals surface area contributed by atoms with Gasteiger partial charge in [-0.2, -0.15) is 0 Å². The van der Waals surface area contributed by atoms with E-state index < -0.39 is 6.04 Å². The lowest BCUT2D eigenvalue weighted by Crippen LogP contribution is -2.43. The van der Waals surface area contributed by atoms with Crippen LogP contribution in [0.2, 0.25) is 0 Å². The first kappa shape index (κ1) is 11.9. The largest absolute Gasteiger partial charge is 0.394 e. The molecule has 0 aromatic carbocycles. The van der Waals surface area contributed by atoms with Gasteiger partial charge < -0.3 is 15.5 Å². The van der Waals surface area contributed by atoms with Crippen molar-refractivity contribution in [1.29, 1.82) is 0 Å². The second kappa shape index (κ2) is 6.39. The predicted octanol–water partition coefficient (Wildman–Crippen LogP) is -0.371. The van der Waals surface area contributed by atoms with Crippen molar-refractivity contribution in [2.45, 2.75) is 24.2 Å². The third-order valence-electron chi connectivity index (χ3n) is 1.43. The van der Waals surface area contributed by atoms with Crippen molar-refractivity contribution in [3.05, 3.63) is 0 Å². The van der Waals surface area contributed by atoms with Crippen LogP contribution in [0.4, 0.5) is 0 Å². The normalized spacial score (nSPS) is 13.1. The third-order valence-corrected chi connectivity index (χ3v) is 2.49. The highest BCUT2D eigenvalue weighted by molar-refractivity contribution is 9.10. The molecule has 0 rings (SSSR count). The van der Waals surface area contributed by atoms with E-state index in [2.05, 4.69) is 21.2 Å². The van der Waals surface area contributed by atoms with E-state index in [1.165, 1.54) is 0 Å². The van der Waals surface area contributed by atoms with Crippen LogP contribution in [0.1, 0.15) is 13.3 Å². The van der Waals surface area contributed by atoms with E-state index in [-0.39, 0.29) is 23.9 Å². The number of hydrogen-bond donors (Lipinski definition) is 3. The topological polar surface area (TPSA) is 69.6 Å². The fraction of sp³-hybridized carbons (Fsp3) is 0.857. The quantitative estimate of drug-likeness (QED) is 0.574. The Morgan fingerprint density at radius 3 is 2.33 bits per heavy atom. The number of hydrogen-bond acceptors (Lipinski definition) is 3. The van der Waals surface area contributed by atoms with E-state index in [1.54, 1.807) is 0 Å². The van der Waals surface area contributed by atoms with Crippen molar-refractivity contribution in [3.8, 4) is 0 Å². The van der Waals surface area contributed by atoms with Gasteiger partial charge in [0.05, 0.1) is 24.1 Å². The molecule has 1 amide bonds. The Morgan fingerprint density at radius 2 is 2.00 bits per heavy atom. The van der Waals surface area contributed by atoms with Gasteiger partial charge in [0.15, 0.2) is 0 Å². The second-order valence-electron chi connectivity index (χ2n) is 2.45. The van der Waals surface area contributed by atoms with Gasteiger partial charge in [-0.25, -0.2) is 0 Å². The van der Waals surface area contributed by atoms with Gasteiger partial charge in [-0.15, -0.1) is 0 Å². The zero-order valence-corrected chi connectivity index (χ0v) is 8.54. The van der Waals surface area contributed by atoms with Gasteiger partial charge in [-0.05, 0) is 6.42 Å². The number of halogens is 1. The van der Waals surface area contributed by atoms with Gasteiger partial charge >= 0.3 is 0 Å². The monoisotopic (exact) mass is 239 g/mol. The summed E-state index contributed by atoms with van der Waals surface area (Å²) in [6.07, 6.45) is 0.676. The Bertz CT molecular complexity index is 139. The number of carbonyl (C=O) groups excluding carboxylic acids is 1. The molecular weight excluding hydrogens is 226 g/mol. The Morgan fingerprint density at radius 1 is 1.50 bits per heavy atom. The number of carbonyl (C=O) groups is 1. The summed E-state index contributed by atoms with van der Waals surface area (Å²) < 4.78 is 0. The molecule has 0 saturated carbocycles. The molecule has 3 N–H and O–H groups in total. The van der Waals surface area contributed by atoms with Crippen molar-refractivity contribution in [2.24, 2.45) is 0 Å². The maximum Gasteiger partial charge on any atom is 0.234 e. The van der Waals surface area contributed by atoms with Crippen molar-refractivity contribution in [2.75, 3.05) is 13.2 Å². The van der Waals surface area contributed by atoms with Gasteiger partial charge in [0.1, 0.15) is 0 Å². The summed E-state index contributed by atoms with van der Waals surface area (Å²) in [5, 5.41) is 19.8. The number of amides is 1. The van der Waals surface area contributed by atoms with Crippen LogP contribution in [0.3, 0.4) is 0 Å². The van der Waals surface area contributed by atoms with Crippen LogP contribution in [0.5, 0.6) is 0 Å². The minimum Gasteiger partial charge on any atom is -0.394 e. The first-order valence-electron chi connectivity index (χ1n) is 3.81. The lowest BCUT2D eigenvalue weighted by atomic mass is 10.3. The van der Waals surface area contributed by atoms with Crippen molar-refractivity contribution >= 4 is 21.8 Å². The third kappa shape index (κ3) is 4.04. The lowest BCUT2D eigenvalue weighted by Gasteiger charge is -2.15. The molecule has 0 aliphatic heterocycles. The zero-order valence-electron chi connectivity index (χ0n) is 6.96. The minimum absolute atomic E-state index is 0.203. The van der Waals surface area contributed by atoms with Crippen LogP contribution >= 0.6 is 15.9 Å². The molecule has 0 aliphatic rings. The molecule has 0 saturated heterocycles. The van der Waals surface area contributed by atoms with Crippen LogP contribution < -0.4 is 5.32 Å². The van der Waals surface area contributed by atoms with E-state index in [4.69, 9.17) is 10.2 Å². The molecule has 0 aromatic rings. The maximum absolute atomic E-state index is 11.1. The number of rotatable bonds is 5. The maximum atomic E-state index is 11.1. The molecule has 1 unspecified atom stereocenters. The number of aliphatic hydroxyl groups excluding tert-OH is 2. The standard InChI is InChI=1S/C7H14BrNO3/c1-2-6(8)7(12)9-5(3-10)4-11/h5-6,10-11H,2-4H2,1H3,(H,9,12). The molecular formula is C7H14BrNO3. The SMILES string of the molecule is CCC(Br)C(=O)NC(CO)CO. The zero-order chi connectivity index (χ0) is 9.56. The van der Waals surface area contributed by atoms with E-state index >= 15 is 0 Å². The molecule has 0 aromatic heterocycles. The van der Waals surface area contributed by atoms with Crippen LogP contribution in [0.15, 0.2) is 0 Å². The molecule has 0 heterocycles. The van der Waals surface area contributed by atoms with Crippen LogP contribution in [0, 0.1) is 0 Å². The number of alkyl halides is 1. The fourth-order valence-corrected chi connectivity index (χ4v) is 0.758. The first-order chi connectivity index (χ1) is 5.65. The summed E-state index contributed by atoms with van der Waals surface area (Å²) in [7, 11) is 0. The number of nitrogens with one attached hydrogen (secondary N) is 1. The van der Waals surface area contributed by atoms with Gasteiger partial charge in [0, 0.05) is 0 Å². The highest BCUT2D eigenvalue weighted by atomic mass is 79.9. The molecule has 0 radical (unpaired) electrons. The summed E-state index contributed by atoms with van der Waals surface area (Å²) >= 11 is 3.15. The van der Waals surface area contributed by atoms with Crippen molar-refractivity contribution in [3.63, 3.8) is 0 Å². The summed E-state index contributed by atoms with van der Waals surface area (Å²) in [5.74, 6) is -0.203. The molecule has 0 aliphatic carbocycles. The molecule has 0 fully saturated rings. The fourth-order valence-electron chi connectivity index (χ4n) is 0.626. The lowest BCUT2D eigenvalue weighted by molar-refractivity contribution is -0.121. The second-order valence-corrected chi connectivity index (χ2v) is 3.55. The van der Waals surface area contributed by atoms with Crippen LogP contribution in [-0.4, -0.2) is 40.2 Å². The summed E-state index contributed by atoms with van der Waals surface area (Å²) in [4.78, 5) is 10.9. The Labute approximate surface area is 80.1 Å². The Balaban J connectivity index is 3.81. The minimum atomic E-state index is -0.552. The van der Waals surface area contributed by atoms with E-state index in [1.807, 2.05) is 6.92 Å². The number of aliphatic hydroxyl groups is 2. The molecule has 4 nitrogen and oxygen atoms in total. The smallest absolute Gasteiger partial charge is 0.234 e. The Hall–Kier alpha value is -0.130. The molecule has 12 heavy (non-hydrogen) atoms. The molecule has 0 spiro atoms.